The summed E-state index contributed by atoms with van der Waals surface area (Å²) in [6, 6.07) is 14.0. The minimum absolute atomic E-state index is 0.0636. The van der Waals surface area contributed by atoms with Crippen molar-refractivity contribution < 1.29 is 14.0 Å². The number of amides is 2. The Kier molecular flexibility index (Phi) is 9.22. The van der Waals surface area contributed by atoms with Crippen molar-refractivity contribution >= 4 is 11.8 Å². The fourth-order valence-electron chi connectivity index (χ4n) is 3.31. The van der Waals surface area contributed by atoms with Crippen LogP contribution in [0.4, 0.5) is 4.39 Å². The van der Waals surface area contributed by atoms with Crippen molar-refractivity contribution in [2.75, 3.05) is 6.54 Å². The molecule has 0 aliphatic rings. The van der Waals surface area contributed by atoms with E-state index in [2.05, 4.69) is 31.3 Å². The van der Waals surface area contributed by atoms with Crippen molar-refractivity contribution in [3.05, 3.63) is 71.0 Å². The minimum atomic E-state index is -0.686. The molecule has 168 valence electrons. The molecule has 0 saturated carbocycles. The summed E-state index contributed by atoms with van der Waals surface area (Å²) in [5, 5.41) is 2.88. The summed E-state index contributed by atoms with van der Waals surface area (Å²) < 4.78 is 14.2. The number of carbonyl (C=O) groups excluding carboxylic acids is 2. The van der Waals surface area contributed by atoms with Crippen LogP contribution in [0.2, 0.25) is 0 Å². The molecule has 0 spiro atoms. The molecule has 1 N–H and O–H groups in total. The Balaban J connectivity index is 2.12. The van der Waals surface area contributed by atoms with Gasteiger partial charge in [-0.05, 0) is 42.4 Å². The van der Waals surface area contributed by atoms with Crippen molar-refractivity contribution in [3.63, 3.8) is 0 Å². The maximum atomic E-state index is 14.2. The van der Waals surface area contributed by atoms with Gasteiger partial charge >= 0.3 is 0 Å². The number of hydrogen-bond acceptors (Lipinski definition) is 2. The Morgan fingerprint density at radius 1 is 0.968 bits per heavy atom. The molecule has 4 nitrogen and oxygen atoms in total. The number of rotatable bonds is 10. The van der Waals surface area contributed by atoms with Gasteiger partial charge in [-0.3, -0.25) is 9.59 Å². The van der Waals surface area contributed by atoms with E-state index >= 15 is 0 Å². The molecule has 2 amide bonds. The highest BCUT2D eigenvalue weighted by molar-refractivity contribution is 5.87. The second-order valence-corrected chi connectivity index (χ2v) is 8.82. The number of halogens is 1. The third-order valence-corrected chi connectivity index (χ3v) is 5.42. The average molecular weight is 427 g/mol. The molecular formula is C26H35FN2O2. The lowest BCUT2D eigenvalue weighted by atomic mass is 10.00. The molecule has 0 fully saturated rings. The first-order valence-corrected chi connectivity index (χ1v) is 11.1. The molecule has 1 atom stereocenters. The van der Waals surface area contributed by atoms with E-state index in [4.69, 9.17) is 0 Å². The van der Waals surface area contributed by atoms with Crippen LogP contribution in [-0.4, -0.2) is 29.3 Å². The molecule has 2 aromatic rings. The Morgan fingerprint density at radius 3 is 2.19 bits per heavy atom. The number of nitrogens with one attached hydrogen (secondary N) is 1. The molecule has 0 aliphatic carbocycles. The lowest BCUT2D eigenvalue weighted by Crippen LogP contribution is -2.48. The smallest absolute Gasteiger partial charge is 0.242 e. The monoisotopic (exact) mass is 426 g/mol. The Bertz CT molecular complexity index is 862. The summed E-state index contributed by atoms with van der Waals surface area (Å²) in [6.07, 6.45) is 0.836. The average Bonchev–Trinajstić information content (AvgIpc) is 2.75. The lowest BCUT2D eigenvalue weighted by Gasteiger charge is -2.29. The van der Waals surface area contributed by atoms with E-state index < -0.39 is 6.04 Å². The van der Waals surface area contributed by atoms with Crippen LogP contribution in [0.3, 0.4) is 0 Å². The highest BCUT2D eigenvalue weighted by Gasteiger charge is 2.26. The molecule has 31 heavy (non-hydrogen) atoms. The first-order chi connectivity index (χ1) is 14.7. The SMILES string of the molecule is CC(C)CNC(=O)[C@@H](C)N(Cc1ccccc1F)C(=O)CCc1ccc(C(C)C)cc1. The van der Waals surface area contributed by atoms with Gasteiger partial charge in [0.25, 0.3) is 0 Å². The predicted octanol–water partition coefficient (Wildman–Crippen LogP) is 5.07. The van der Waals surface area contributed by atoms with Crippen molar-refractivity contribution in [1.82, 2.24) is 10.2 Å². The minimum Gasteiger partial charge on any atom is -0.354 e. The van der Waals surface area contributed by atoms with Crippen molar-refractivity contribution in [2.24, 2.45) is 5.92 Å². The van der Waals surface area contributed by atoms with Gasteiger partial charge in [-0.1, -0.05) is 70.2 Å². The van der Waals surface area contributed by atoms with Gasteiger partial charge < -0.3 is 10.2 Å². The predicted molar refractivity (Wildman–Crippen MR) is 123 cm³/mol. The molecule has 0 aliphatic heterocycles. The van der Waals surface area contributed by atoms with E-state index in [-0.39, 0.29) is 30.6 Å². The van der Waals surface area contributed by atoms with Crippen LogP contribution in [0.1, 0.15) is 63.6 Å². The van der Waals surface area contributed by atoms with Crippen LogP contribution < -0.4 is 5.32 Å². The van der Waals surface area contributed by atoms with Crippen LogP contribution in [0, 0.1) is 11.7 Å². The summed E-state index contributed by atoms with van der Waals surface area (Å²) in [5.74, 6) is 0.000230. The van der Waals surface area contributed by atoms with Gasteiger partial charge in [-0.15, -0.1) is 0 Å². The molecule has 5 heteroatoms. The molecule has 0 saturated heterocycles. The molecule has 2 rings (SSSR count). The largest absolute Gasteiger partial charge is 0.354 e. The molecule has 0 radical (unpaired) electrons. The highest BCUT2D eigenvalue weighted by Crippen LogP contribution is 2.18. The normalized spacial score (nSPS) is 12.1. The molecule has 2 aromatic carbocycles. The summed E-state index contributed by atoms with van der Waals surface area (Å²) in [7, 11) is 0. The molecule has 0 unspecified atom stereocenters. The molecular weight excluding hydrogens is 391 g/mol. The van der Waals surface area contributed by atoms with Gasteiger partial charge in [0.2, 0.25) is 11.8 Å². The topological polar surface area (TPSA) is 49.4 Å². The van der Waals surface area contributed by atoms with Crippen LogP contribution in [0.15, 0.2) is 48.5 Å². The van der Waals surface area contributed by atoms with Gasteiger partial charge in [0.15, 0.2) is 0 Å². The Hall–Kier alpha value is -2.69. The van der Waals surface area contributed by atoms with Crippen LogP contribution in [0.5, 0.6) is 0 Å². The van der Waals surface area contributed by atoms with Crippen molar-refractivity contribution in [1.29, 1.82) is 0 Å². The first kappa shape index (κ1) is 24.6. The highest BCUT2D eigenvalue weighted by atomic mass is 19.1. The lowest BCUT2D eigenvalue weighted by molar-refractivity contribution is -0.140. The molecule has 0 aromatic heterocycles. The van der Waals surface area contributed by atoms with E-state index in [9.17, 15) is 14.0 Å². The van der Waals surface area contributed by atoms with Gasteiger partial charge in [-0.2, -0.15) is 0 Å². The second kappa shape index (κ2) is 11.6. The third kappa shape index (κ3) is 7.50. The maximum Gasteiger partial charge on any atom is 0.242 e. The molecule has 0 bridgehead atoms. The van der Waals surface area contributed by atoms with Gasteiger partial charge in [0.1, 0.15) is 11.9 Å². The number of benzene rings is 2. The van der Waals surface area contributed by atoms with E-state index in [1.54, 1.807) is 25.1 Å². The standard InChI is InChI=1S/C26H35FN2O2/c1-18(2)16-28-26(31)20(5)29(17-23-8-6-7-9-24(23)27)25(30)15-12-21-10-13-22(14-11-21)19(3)4/h6-11,13-14,18-20H,12,15-17H2,1-5H3,(H,28,31)/t20-/m1/s1. The molecule has 0 heterocycles. The summed E-state index contributed by atoms with van der Waals surface area (Å²) in [4.78, 5) is 27.2. The van der Waals surface area contributed by atoms with Crippen molar-refractivity contribution in [3.8, 4) is 0 Å². The zero-order chi connectivity index (χ0) is 23.0. The fraction of sp³-hybridized carbons (Fsp3) is 0.462. The van der Waals surface area contributed by atoms with E-state index in [0.717, 1.165) is 5.56 Å². The maximum absolute atomic E-state index is 14.2. The van der Waals surface area contributed by atoms with Crippen LogP contribution >= 0.6 is 0 Å². The summed E-state index contributed by atoms with van der Waals surface area (Å²) in [5.41, 5.74) is 2.73. The van der Waals surface area contributed by atoms with Crippen molar-refractivity contribution in [2.45, 2.75) is 66.0 Å². The number of carbonyl (C=O) groups is 2. The fourth-order valence-corrected chi connectivity index (χ4v) is 3.31. The van der Waals surface area contributed by atoms with Crippen LogP contribution in [0.25, 0.3) is 0 Å². The van der Waals surface area contributed by atoms with E-state index in [0.29, 0.717) is 30.4 Å². The second-order valence-electron chi connectivity index (χ2n) is 8.82. The first-order valence-electron chi connectivity index (χ1n) is 11.1. The Morgan fingerprint density at radius 2 is 1.61 bits per heavy atom. The zero-order valence-corrected chi connectivity index (χ0v) is 19.3. The van der Waals surface area contributed by atoms with Gasteiger partial charge in [-0.25, -0.2) is 4.39 Å². The summed E-state index contributed by atoms with van der Waals surface area (Å²) >= 11 is 0. The van der Waals surface area contributed by atoms with E-state index in [1.165, 1.54) is 16.5 Å². The van der Waals surface area contributed by atoms with Gasteiger partial charge in [0.05, 0.1) is 0 Å². The number of aryl methyl sites for hydroxylation is 1. The number of hydrogen-bond donors (Lipinski definition) is 1. The van der Waals surface area contributed by atoms with E-state index in [1.807, 2.05) is 26.0 Å². The summed E-state index contributed by atoms with van der Waals surface area (Å²) in [6.45, 7) is 10.6. The zero-order valence-electron chi connectivity index (χ0n) is 19.3. The van der Waals surface area contributed by atoms with Crippen LogP contribution in [-0.2, 0) is 22.6 Å². The van der Waals surface area contributed by atoms with Gasteiger partial charge in [0, 0.05) is 25.1 Å². The quantitative estimate of drug-likeness (QED) is 0.577. The Labute approximate surface area is 185 Å². The number of nitrogens with zero attached hydrogens (tertiary/aromatic N) is 1. The third-order valence-electron chi connectivity index (χ3n) is 5.42.